The minimum Gasteiger partial charge on any atom is -0.492 e. The predicted octanol–water partition coefficient (Wildman–Crippen LogP) is 7.09. The third-order valence-electron chi connectivity index (χ3n) is 6.29. The van der Waals surface area contributed by atoms with Crippen LogP contribution in [0, 0.1) is 10.1 Å². The maximum absolute atomic E-state index is 13.7. The molecule has 0 aliphatic carbocycles. The molecular weight excluding hydrogens is 596 g/mol. The summed E-state index contributed by atoms with van der Waals surface area (Å²) < 4.78 is 11.9. The van der Waals surface area contributed by atoms with Gasteiger partial charge in [-0.2, -0.15) is 0 Å². The van der Waals surface area contributed by atoms with Crippen molar-refractivity contribution >= 4 is 67.1 Å². The van der Waals surface area contributed by atoms with Crippen molar-refractivity contribution < 1.29 is 19.2 Å². The number of hydrogen-bond donors (Lipinski definition) is 1. The molecule has 0 atom stereocenters. The number of aliphatic imine (C=N–C) groups is 1. The molecule has 11 heteroatoms. The number of non-ortho nitro benzene ring substituents is 1. The van der Waals surface area contributed by atoms with Crippen LogP contribution in [0.2, 0.25) is 0 Å². The summed E-state index contributed by atoms with van der Waals surface area (Å²) in [6.07, 6.45) is 4.38. The fourth-order valence-electron chi connectivity index (χ4n) is 4.40. The van der Waals surface area contributed by atoms with E-state index in [1.807, 2.05) is 43.5 Å². The van der Waals surface area contributed by atoms with Gasteiger partial charge in [0.25, 0.3) is 11.6 Å². The van der Waals surface area contributed by atoms with E-state index in [-0.39, 0.29) is 11.6 Å². The molecule has 0 radical (unpaired) electrons. The Morgan fingerprint density at radius 2 is 1.95 bits per heavy atom. The van der Waals surface area contributed by atoms with Gasteiger partial charge in [0.2, 0.25) is 0 Å². The first-order valence-corrected chi connectivity index (χ1v) is 14.1. The lowest BCUT2D eigenvalue weighted by molar-refractivity contribution is -0.384. The monoisotopic (exact) mass is 620 g/mol. The van der Waals surface area contributed by atoms with Crippen molar-refractivity contribution in [2.45, 2.75) is 13.3 Å². The maximum atomic E-state index is 13.7. The molecule has 1 aromatic heterocycles. The number of aromatic nitrogens is 1. The van der Waals surface area contributed by atoms with E-state index in [0.717, 1.165) is 22.0 Å². The van der Waals surface area contributed by atoms with Crippen molar-refractivity contribution in [3.63, 3.8) is 0 Å². The first kappa shape index (κ1) is 27.5. The predicted molar refractivity (Wildman–Crippen MR) is 161 cm³/mol. The quantitative estimate of drug-likeness (QED) is 0.121. The molecule has 0 spiro atoms. The number of amides is 1. The van der Waals surface area contributed by atoms with Crippen molar-refractivity contribution in [2.24, 2.45) is 4.99 Å². The van der Waals surface area contributed by atoms with Gasteiger partial charge in [-0.15, -0.1) is 0 Å². The lowest BCUT2D eigenvalue weighted by Gasteiger charge is -2.15. The fraction of sp³-hybridized carbons (Fsp3) is 0.172. The Kier molecular flexibility index (Phi) is 8.22. The van der Waals surface area contributed by atoms with Crippen molar-refractivity contribution in [1.29, 1.82) is 0 Å². The number of amidine groups is 1. The van der Waals surface area contributed by atoms with Crippen LogP contribution in [0.15, 0.2) is 81.2 Å². The number of nitro benzene ring substituents is 1. The molecule has 2 heterocycles. The second-order valence-corrected chi connectivity index (χ2v) is 10.7. The van der Waals surface area contributed by atoms with E-state index >= 15 is 0 Å². The number of rotatable bonds is 9. The molecule has 40 heavy (non-hydrogen) atoms. The van der Waals surface area contributed by atoms with Gasteiger partial charge < -0.3 is 14.5 Å². The third kappa shape index (κ3) is 5.75. The summed E-state index contributed by atoms with van der Waals surface area (Å²) >= 11 is 4.79. The molecule has 0 saturated carbocycles. The number of carbonyl (C=O) groups excluding carboxylic acids is 1. The van der Waals surface area contributed by atoms with Crippen LogP contribution in [0.4, 0.5) is 11.4 Å². The van der Waals surface area contributed by atoms with Crippen LogP contribution in [0.25, 0.3) is 17.0 Å². The number of H-pyrrole nitrogens is 1. The summed E-state index contributed by atoms with van der Waals surface area (Å²) in [4.78, 5) is 34.4. The van der Waals surface area contributed by atoms with Crippen LogP contribution >= 0.6 is 27.7 Å². The number of nitrogens with zero attached hydrogens (tertiary/aromatic N) is 3. The number of methoxy groups -OCH3 is 1. The van der Waals surface area contributed by atoms with Crippen LogP contribution in [-0.4, -0.2) is 46.1 Å². The molecule has 204 valence electrons. The first-order valence-electron chi connectivity index (χ1n) is 12.5. The Bertz CT molecular complexity index is 1650. The van der Waals surface area contributed by atoms with Gasteiger partial charge in [-0.3, -0.25) is 19.8 Å². The lowest BCUT2D eigenvalue weighted by atomic mass is 10.1. The summed E-state index contributed by atoms with van der Waals surface area (Å²) in [5.41, 5.74) is 3.40. The largest absolute Gasteiger partial charge is 0.492 e. The van der Waals surface area contributed by atoms with E-state index in [1.54, 1.807) is 30.2 Å². The van der Waals surface area contributed by atoms with E-state index < -0.39 is 4.92 Å². The Balaban J connectivity index is 1.48. The number of ether oxygens (including phenoxy) is 2. The van der Waals surface area contributed by atoms with Gasteiger partial charge in [0.15, 0.2) is 16.7 Å². The van der Waals surface area contributed by atoms with Crippen molar-refractivity contribution in [2.75, 3.05) is 20.3 Å². The Labute approximate surface area is 243 Å². The van der Waals surface area contributed by atoms with Gasteiger partial charge in [-0.05, 0) is 88.6 Å². The molecular formula is C29H25BrN4O5S. The van der Waals surface area contributed by atoms with Crippen LogP contribution < -0.4 is 9.47 Å². The molecule has 3 aromatic carbocycles. The minimum absolute atomic E-state index is 0.0222. The number of fused-ring (bicyclic) bond motifs is 1. The maximum Gasteiger partial charge on any atom is 0.269 e. The molecule has 1 amide bonds. The molecule has 1 fully saturated rings. The van der Waals surface area contributed by atoms with Crippen molar-refractivity contribution in [3.05, 3.63) is 97.5 Å². The van der Waals surface area contributed by atoms with E-state index in [0.29, 0.717) is 51.3 Å². The van der Waals surface area contributed by atoms with Crippen LogP contribution in [-0.2, 0) is 11.2 Å². The number of hydrogen-bond acceptors (Lipinski definition) is 7. The number of halogens is 1. The van der Waals surface area contributed by atoms with Crippen LogP contribution in [0.3, 0.4) is 0 Å². The standard InChI is InChI=1S/C29H25BrN4O5S/c1-3-39-25-15-18(14-23(30)27(25)38-2)16-26-28(35)33(13-12-19-17-31-24-7-5-4-6-22(19)24)29(40-26)32-20-8-10-21(11-9-20)34(36)37/h4-11,14-17,31H,3,12-13H2,1-2H3/b26-16-,32-29?. The summed E-state index contributed by atoms with van der Waals surface area (Å²) in [6, 6.07) is 17.7. The number of para-hydroxylation sites is 1. The van der Waals surface area contributed by atoms with E-state index in [4.69, 9.17) is 14.5 Å². The minimum atomic E-state index is -0.456. The molecule has 1 aliphatic rings. The summed E-state index contributed by atoms with van der Waals surface area (Å²) in [6.45, 7) is 2.76. The summed E-state index contributed by atoms with van der Waals surface area (Å²) in [7, 11) is 1.57. The number of nitro groups is 1. The summed E-state index contributed by atoms with van der Waals surface area (Å²) in [5, 5.41) is 12.7. The number of carbonyl (C=O) groups is 1. The molecule has 0 bridgehead atoms. The Hall–Kier alpha value is -4.09. The van der Waals surface area contributed by atoms with Gasteiger partial charge >= 0.3 is 0 Å². The molecule has 5 rings (SSSR count). The molecule has 4 aromatic rings. The van der Waals surface area contributed by atoms with Gasteiger partial charge in [-0.25, -0.2) is 4.99 Å². The highest BCUT2D eigenvalue weighted by molar-refractivity contribution is 9.10. The fourth-order valence-corrected chi connectivity index (χ4v) is 6.05. The molecule has 1 saturated heterocycles. The molecule has 9 nitrogen and oxygen atoms in total. The van der Waals surface area contributed by atoms with Gasteiger partial charge in [0.1, 0.15) is 0 Å². The normalized spacial score (nSPS) is 15.4. The smallest absolute Gasteiger partial charge is 0.269 e. The topological polar surface area (TPSA) is 110 Å². The zero-order valence-electron chi connectivity index (χ0n) is 21.7. The third-order valence-corrected chi connectivity index (χ3v) is 7.88. The summed E-state index contributed by atoms with van der Waals surface area (Å²) in [5.74, 6) is 0.975. The van der Waals surface area contributed by atoms with Crippen LogP contribution in [0.1, 0.15) is 18.1 Å². The molecule has 1 aliphatic heterocycles. The second-order valence-electron chi connectivity index (χ2n) is 8.81. The Morgan fingerprint density at radius 3 is 2.67 bits per heavy atom. The Morgan fingerprint density at radius 1 is 1.18 bits per heavy atom. The highest BCUT2D eigenvalue weighted by Gasteiger charge is 2.33. The lowest BCUT2D eigenvalue weighted by Crippen LogP contribution is -2.31. The highest BCUT2D eigenvalue weighted by atomic mass is 79.9. The highest BCUT2D eigenvalue weighted by Crippen LogP contribution is 2.39. The van der Waals surface area contributed by atoms with E-state index in [1.165, 1.54) is 23.9 Å². The van der Waals surface area contributed by atoms with Crippen molar-refractivity contribution in [1.82, 2.24) is 9.88 Å². The average Bonchev–Trinajstić information content (AvgIpc) is 3.48. The number of thioether (sulfide) groups is 1. The number of nitrogens with one attached hydrogen (secondary N) is 1. The number of aromatic amines is 1. The number of benzene rings is 3. The van der Waals surface area contributed by atoms with Gasteiger partial charge in [0.05, 0.1) is 33.7 Å². The van der Waals surface area contributed by atoms with E-state index in [9.17, 15) is 14.9 Å². The SMILES string of the molecule is CCOc1cc(/C=C2\SC(=Nc3ccc([N+](=O)[O-])cc3)N(CCc3c[nH]c4ccccc34)C2=O)cc(Br)c1OC. The molecule has 1 N–H and O–H groups in total. The van der Waals surface area contributed by atoms with Gasteiger partial charge in [-0.1, -0.05) is 18.2 Å². The zero-order valence-corrected chi connectivity index (χ0v) is 24.1. The average molecular weight is 622 g/mol. The first-order chi connectivity index (χ1) is 19.4. The van der Waals surface area contributed by atoms with Crippen molar-refractivity contribution in [3.8, 4) is 11.5 Å². The second kappa shape index (κ2) is 12.0. The van der Waals surface area contributed by atoms with E-state index in [2.05, 4.69) is 27.0 Å². The van der Waals surface area contributed by atoms with Crippen LogP contribution in [0.5, 0.6) is 11.5 Å². The zero-order chi connectivity index (χ0) is 28.2. The molecule has 0 unspecified atom stereocenters. The van der Waals surface area contributed by atoms with Gasteiger partial charge in [0, 0.05) is 35.8 Å².